The lowest BCUT2D eigenvalue weighted by atomic mass is 10.0. The zero-order valence-corrected chi connectivity index (χ0v) is 19.1. The third-order valence-electron chi connectivity index (χ3n) is 5.72. The fourth-order valence-electron chi connectivity index (χ4n) is 4.01. The molecular formula is C27H22FN5O3. The second-order valence-electron chi connectivity index (χ2n) is 8.09. The maximum Gasteiger partial charge on any atom is 0.249 e. The fraction of sp³-hybridized carbons (Fsp3) is 0.111. The van der Waals surface area contributed by atoms with Crippen LogP contribution < -0.4 is 10.2 Å². The molecule has 9 heteroatoms. The minimum atomic E-state index is -1.08. The van der Waals surface area contributed by atoms with Crippen molar-refractivity contribution in [1.82, 2.24) is 20.3 Å². The first kappa shape index (κ1) is 23.0. The van der Waals surface area contributed by atoms with Gasteiger partial charge in [-0.1, -0.05) is 47.7 Å². The van der Waals surface area contributed by atoms with Crippen LogP contribution in [0.5, 0.6) is 0 Å². The highest BCUT2D eigenvalue weighted by atomic mass is 19.1. The van der Waals surface area contributed by atoms with E-state index in [0.29, 0.717) is 28.0 Å². The van der Waals surface area contributed by atoms with Crippen LogP contribution in [-0.2, 0) is 22.7 Å². The van der Waals surface area contributed by atoms with E-state index in [9.17, 15) is 14.0 Å². The zero-order chi connectivity index (χ0) is 24.9. The topological polar surface area (TPSA) is 93.3 Å². The van der Waals surface area contributed by atoms with Gasteiger partial charge in [0.25, 0.3) is 0 Å². The lowest BCUT2D eigenvalue weighted by Gasteiger charge is -2.31. The van der Waals surface area contributed by atoms with Crippen molar-refractivity contribution in [2.45, 2.75) is 19.1 Å². The van der Waals surface area contributed by atoms with Gasteiger partial charge in [-0.25, -0.2) is 9.07 Å². The van der Waals surface area contributed by atoms with Gasteiger partial charge in [0.2, 0.25) is 11.8 Å². The summed E-state index contributed by atoms with van der Waals surface area (Å²) in [5, 5.41) is 11.1. The van der Waals surface area contributed by atoms with E-state index in [1.165, 1.54) is 40.1 Å². The van der Waals surface area contributed by atoms with Crippen LogP contribution in [0.15, 0.2) is 102 Å². The number of amides is 2. The van der Waals surface area contributed by atoms with Crippen molar-refractivity contribution in [3.05, 3.63) is 114 Å². The summed E-state index contributed by atoms with van der Waals surface area (Å²) in [6.07, 6.45) is 1.52. The van der Waals surface area contributed by atoms with E-state index < -0.39 is 17.8 Å². The predicted molar refractivity (Wildman–Crippen MR) is 131 cm³/mol. The standard InChI is InChI=1S/C27H22FN5O3/c28-20-14-12-19(13-15-20)26(27(35)29-17-22-9-6-16-36-22)33(21-7-2-1-3-8-21)25(34)18-32-24-11-5-4-10-23(24)30-31-32/h1-16,26H,17-18H2,(H,29,35). The molecule has 0 aliphatic carbocycles. The third kappa shape index (κ3) is 4.85. The number of benzene rings is 3. The van der Waals surface area contributed by atoms with Gasteiger partial charge < -0.3 is 9.73 Å². The van der Waals surface area contributed by atoms with Crippen molar-refractivity contribution in [2.24, 2.45) is 0 Å². The average molecular weight is 484 g/mol. The highest BCUT2D eigenvalue weighted by Gasteiger charge is 2.33. The highest BCUT2D eigenvalue weighted by Crippen LogP contribution is 2.29. The second-order valence-corrected chi connectivity index (χ2v) is 8.09. The molecule has 2 amide bonds. The van der Waals surface area contributed by atoms with Crippen LogP contribution in [0.4, 0.5) is 10.1 Å². The molecule has 0 radical (unpaired) electrons. The van der Waals surface area contributed by atoms with Crippen molar-refractivity contribution in [2.75, 3.05) is 4.90 Å². The van der Waals surface area contributed by atoms with Gasteiger partial charge in [-0.2, -0.15) is 0 Å². The van der Waals surface area contributed by atoms with Crippen LogP contribution in [-0.4, -0.2) is 26.8 Å². The van der Waals surface area contributed by atoms with Crippen LogP contribution in [0, 0.1) is 5.82 Å². The SMILES string of the molecule is O=C(NCc1ccco1)C(c1ccc(F)cc1)N(C(=O)Cn1nnc2ccccc21)c1ccccc1. The molecule has 0 saturated heterocycles. The van der Waals surface area contributed by atoms with Crippen molar-refractivity contribution in [3.63, 3.8) is 0 Å². The molecule has 1 N–H and O–H groups in total. The molecule has 0 aliphatic heterocycles. The van der Waals surface area contributed by atoms with Crippen LogP contribution in [0.3, 0.4) is 0 Å². The number of carbonyl (C=O) groups is 2. The quantitative estimate of drug-likeness (QED) is 0.356. The fourth-order valence-corrected chi connectivity index (χ4v) is 4.01. The Kier molecular flexibility index (Phi) is 6.53. The molecule has 1 unspecified atom stereocenters. The van der Waals surface area contributed by atoms with Crippen molar-refractivity contribution in [3.8, 4) is 0 Å². The van der Waals surface area contributed by atoms with E-state index in [2.05, 4.69) is 15.6 Å². The third-order valence-corrected chi connectivity index (χ3v) is 5.72. The lowest BCUT2D eigenvalue weighted by Crippen LogP contribution is -2.45. The highest BCUT2D eigenvalue weighted by molar-refractivity contribution is 6.01. The molecular weight excluding hydrogens is 461 g/mol. The summed E-state index contributed by atoms with van der Waals surface area (Å²) in [7, 11) is 0. The Balaban J connectivity index is 1.53. The van der Waals surface area contributed by atoms with Crippen LogP contribution in [0.25, 0.3) is 11.0 Å². The largest absolute Gasteiger partial charge is 0.467 e. The van der Waals surface area contributed by atoms with Gasteiger partial charge in [-0.3, -0.25) is 14.5 Å². The van der Waals surface area contributed by atoms with E-state index in [-0.39, 0.29) is 19.0 Å². The van der Waals surface area contributed by atoms with Gasteiger partial charge in [0.1, 0.15) is 29.7 Å². The molecule has 0 fully saturated rings. The molecule has 0 spiro atoms. The van der Waals surface area contributed by atoms with E-state index in [4.69, 9.17) is 4.42 Å². The maximum atomic E-state index is 13.8. The minimum absolute atomic E-state index is 0.133. The summed E-state index contributed by atoms with van der Waals surface area (Å²) < 4.78 is 20.6. The van der Waals surface area contributed by atoms with Gasteiger partial charge in [-0.15, -0.1) is 5.10 Å². The number of carbonyl (C=O) groups excluding carboxylic acids is 2. The van der Waals surface area contributed by atoms with Gasteiger partial charge in [0.05, 0.1) is 18.3 Å². The van der Waals surface area contributed by atoms with Crippen LogP contribution in [0.1, 0.15) is 17.4 Å². The minimum Gasteiger partial charge on any atom is -0.467 e. The molecule has 3 aromatic carbocycles. The number of nitrogens with one attached hydrogen (secondary N) is 1. The first-order chi connectivity index (χ1) is 17.6. The second kappa shape index (κ2) is 10.2. The van der Waals surface area contributed by atoms with Gasteiger partial charge >= 0.3 is 0 Å². The summed E-state index contributed by atoms with van der Waals surface area (Å²) in [6, 6.07) is 24.1. The van der Waals surface area contributed by atoms with Crippen molar-refractivity contribution in [1.29, 1.82) is 0 Å². The number of rotatable bonds is 8. The average Bonchev–Trinajstić information content (AvgIpc) is 3.57. The Morgan fingerprint density at radius 1 is 0.944 bits per heavy atom. The molecule has 8 nitrogen and oxygen atoms in total. The molecule has 0 aliphatic rings. The van der Waals surface area contributed by atoms with E-state index in [1.54, 1.807) is 36.4 Å². The molecule has 0 saturated carbocycles. The normalized spacial score (nSPS) is 11.8. The number of aromatic nitrogens is 3. The zero-order valence-electron chi connectivity index (χ0n) is 19.1. The van der Waals surface area contributed by atoms with Crippen LogP contribution >= 0.6 is 0 Å². The van der Waals surface area contributed by atoms with Crippen molar-refractivity contribution >= 4 is 28.5 Å². The Hall–Kier alpha value is -4.79. The number of nitrogens with zero attached hydrogens (tertiary/aromatic N) is 4. The molecule has 1 atom stereocenters. The number of para-hydroxylation sites is 2. The van der Waals surface area contributed by atoms with Gasteiger partial charge in [0.15, 0.2) is 0 Å². The summed E-state index contributed by atoms with van der Waals surface area (Å²) in [4.78, 5) is 28.8. The number of anilines is 1. The number of halogens is 1. The molecule has 5 rings (SSSR count). The summed E-state index contributed by atoms with van der Waals surface area (Å²) in [5.74, 6) is -0.717. The summed E-state index contributed by atoms with van der Waals surface area (Å²) in [5.41, 5.74) is 2.31. The number of furan rings is 1. The summed E-state index contributed by atoms with van der Waals surface area (Å²) in [6.45, 7) is -0.0212. The number of hydrogen-bond donors (Lipinski definition) is 1. The molecule has 180 valence electrons. The molecule has 2 heterocycles. The lowest BCUT2D eigenvalue weighted by molar-refractivity contribution is -0.127. The number of fused-ring (bicyclic) bond motifs is 1. The molecule has 2 aromatic heterocycles. The molecule has 0 bridgehead atoms. The maximum absolute atomic E-state index is 13.8. The number of hydrogen-bond acceptors (Lipinski definition) is 5. The Bertz CT molecular complexity index is 1470. The smallest absolute Gasteiger partial charge is 0.249 e. The Morgan fingerprint density at radius 2 is 1.69 bits per heavy atom. The summed E-state index contributed by atoms with van der Waals surface area (Å²) >= 11 is 0. The van der Waals surface area contributed by atoms with Crippen molar-refractivity contribution < 1.29 is 18.4 Å². The van der Waals surface area contributed by atoms with Gasteiger partial charge in [-0.05, 0) is 54.1 Å². The Labute approximate surface area is 205 Å². The first-order valence-corrected chi connectivity index (χ1v) is 11.3. The predicted octanol–water partition coefficient (Wildman–Crippen LogP) is 4.25. The Morgan fingerprint density at radius 3 is 2.44 bits per heavy atom. The van der Waals surface area contributed by atoms with E-state index >= 15 is 0 Å². The first-order valence-electron chi connectivity index (χ1n) is 11.3. The molecule has 5 aromatic rings. The van der Waals surface area contributed by atoms with Crippen LogP contribution in [0.2, 0.25) is 0 Å². The van der Waals surface area contributed by atoms with E-state index in [1.807, 2.05) is 30.3 Å². The van der Waals surface area contributed by atoms with Gasteiger partial charge in [0, 0.05) is 5.69 Å². The van der Waals surface area contributed by atoms with E-state index in [0.717, 1.165) is 0 Å². The monoisotopic (exact) mass is 483 g/mol. The molecule has 36 heavy (non-hydrogen) atoms.